The highest BCUT2D eigenvalue weighted by molar-refractivity contribution is 8.08. The van der Waals surface area contributed by atoms with Crippen LogP contribution in [0.2, 0.25) is 0 Å². The fraction of sp³-hybridized carbons (Fsp3) is 0.765. The first-order valence-corrected chi connectivity index (χ1v) is 9.62. The standard InChI is InChI=1S/C17H30S2/c1-7-12(3)10-18-16-14(5)9-15(6)17(16)19-11-13(4)8-2/h12-13H,7-11H2,1-6H3. The van der Waals surface area contributed by atoms with E-state index in [1.807, 2.05) is 0 Å². The van der Waals surface area contributed by atoms with Crippen LogP contribution >= 0.6 is 23.5 Å². The molecule has 0 nitrogen and oxygen atoms in total. The first-order chi connectivity index (χ1) is 8.99. The highest BCUT2D eigenvalue weighted by atomic mass is 32.2. The van der Waals surface area contributed by atoms with Gasteiger partial charge in [-0.1, -0.05) is 51.7 Å². The maximum absolute atomic E-state index is 2.36. The van der Waals surface area contributed by atoms with Crippen molar-refractivity contribution in [1.82, 2.24) is 0 Å². The van der Waals surface area contributed by atoms with Crippen LogP contribution in [0.4, 0.5) is 0 Å². The zero-order valence-corrected chi connectivity index (χ0v) is 15.1. The molecule has 0 amide bonds. The SMILES string of the molecule is CCC(C)CSC1=C(C)CC(C)=C1SCC(C)CC. The van der Waals surface area contributed by atoms with E-state index in [9.17, 15) is 0 Å². The molecule has 0 heterocycles. The number of hydrogen-bond acceptors (Lipinski definition) is 2. The Hall–Kier alpha value is 0.180. The average Bonchev–Trinajstić information content (AvgIpc) is 2.67. The van der Waals surface area contributed by atoms with Crippen LogP contribution in [-0.4, -0.2) is 11.5 Å². The first-order valence-electron chi connectivity index (χ1n) is 7.64. The Morgan fingerprint density at radius 3 is 1.53 bits per heavy atom. The van der Waals surface area contributed by atoms with Crippen LogP contribution < -0.4 is 0 Å². The molecule has 2 unspecified atom stereocenters. The number of allylic oxidation sites excluding steroid dienone is 2. The number of rotatable bonds is 8. The molecule has 19 heavy (non-hydrogen) atoms. The van der Waals surface area contributed by atoms with Gasteiger partial charge in [-0.2, -0.15) is 0 Å². The van der Waals surface area contributed by atoms with Gasteiger partial charge in [0.15, 0.2) is 0 Å². The van der Waals surface area contributed by atoms with Gasteiger partial charge in [-0.05, 0) is 32.1 Å². The largest absolute Gasteiger partial charge is 0.125 e. The van der Waals surface area contributed by atoms with Gasteiger partial charge < -0.3 is 0 Å². The first kappa shape index (κ1) is 17.2. The zero-order valence-electron chi connectivity index (χ0n) is 13.5. The van der Waals surface area contributed by atoms with E-state index >= 15 is 0 Å². The molecular formula is C17H30S2. The van der Waals surface area contributed by atoms with Gasteiger partial charge in [0.1, 0.15) is 0 Å². The van der Waals surface area contributed by atoms with Gasteiger partial charge in [0, 0.05) is 21.3 Å². The van der Waals surface area contributed by atoms with Crippen LogP contribution in [0.5, 0.6) is 0 Å². The predicted octanol–water partition coefficient (Wildman–Crippen LogP) is 6.50. The Kier molecular flexibility index (Phi) is 7.68. The van der Waals surface area contributed by atoms with E-state index in [1.165, 1.54) is 30.8 Å². The summed E-state index contributed by atoms with van der Waals surface area (Å²) in [5.41, 5.74) is 3.19. The number of hydrogen-bond donors (Lipinski definition) is 0. The molecular weight excluding hydrogens is 268 g/mol. The fourth-order valence-electron chi connectivity index (χ4n) is 2.01. The molecule has 0 saturated carbocycles. The smallest absolute Gasteiger partial charge is 0.0200 e. The van der Waals surface area contributed by atoms with Crippen LogP contribution in [0.25, 0.3) is 0 Å². The van der Waals surface area contributed by atoms with Gasteiger partial charge in [-0.15, -0.1) is 23.5 Å². The van der Waals surface area contributed by atoms with Gasteiger partial charge in [-0.25, -0.2) is 0 Å². The molecule has 0 fully saturated rings. The van der Waals surface area contributed by atoms with Gasteiger partial charge in [0.25, 0.3) is 0 Å². The van der Waals surface area contributed by atoms with Crippen molar-refractivity contribution < 1.29 is 0 Å². The fourth-order valence-corrected chi connectivity index (χ4v) is 4.99. The van der Waals surface area contributed by atoms with E-state index < -0.39 is 0 Å². The summed E-state index contributed by atoms with van der Waals surface area (Å²) < 4.78 is 0. The second kappa shape index (κ2) is 8.46. The normalized spacial score (nSPS) is 19.3. The Morgan fingerprint density at radius 2 is 1.21 bits per heavy atom. The summed E-state index contributed by atoms with van der Waals surface area (Å²) in [7, 11) is 0. The van der Waals surface area contributed by atoms with Gasteiger partial charge in [0.2, 0.25) is 0 Å². The summed E-state index contributed by atoms with van der Waals surface area (Å²) in [6, 6.07) is 0. The third-order valence-electron chi connectivity index (χ3n) is 3.93. The molecule has 0 aromatic carbocycles. The lowest BCUT2D eigenvalue weighted by molar-refractivity contribution is 0.637. The molecule has 0 aromatic heterocycles. The third-order valence-corrected chi connectivity index (χ3v) is 7.21. The lowest BCUT2D eigenvalue weighted by Crippen LogP contribution is -1.99. The highest BCUT2D eigenvalue weighted by Crippen LogP contribution is 2.45. The molecule has 2 atom stereocenters. The van der Waals surface area contributed by atoms with Crippen molar-refractivity contribution in [1.29, 1.82) is 0 Å². The van der Waals surface area contributed by atoms with Crippen LogP contribution in [0.1, 0.15) is 60.8 Å². The monoisotopic (exact) mass is 298 g/mol. The maximum atomic E-state index is 2.36. The van der Waals surface area contributed by atoms with Crippen molar-refractivity contribution in [2.45, 2.75) is 60.8 Å². The summed E-state index contributed by atoms with van der Waals surface area (Å²) >= 11 is 4.19. The molecule has 1 aliphatic rings. The zero-order chi connectivity index (χ0) is 14.4. The molecule has 1 rings (SSSR count). The lowest BCUT2D eigenvalue weighted by Gasteiger charge is -2.15. The second-order valence-corrected chi connectivity index (χ2v) is 8.11. The van der Waals surface area contributed by atoms with Crippen molar-refractivity contribution in [3.63, 3.8) is 0 Å². The van der Waals surface area contributed by atoms with Crippen molar-refractivity contribution in [3.05, 3.63) is 21.0 Å². The molecule has 0 saturated heterocycles. The molecule has 0 bridgehead atoms. The lowest BCUT2D eigenvalue weighted by atomic mass is 10.2. The summed E-state index contributed by atoms with van der Waals surface area (Å²) in [5.74, 6) is 4.19. The van der Waals surface area contributed by atoms with E-state index in [0.717, 1.165) is 11.8 Å². The van der Waals surface area contributed by atoms with Gasteiger partial charge in [0.05, 0.1) is 0 Å². The maximum Gasteiger partial charge on any atom is 0.0200 e. The minimum Gasteiger partial charge on any atom is -0.125 e. The van der Waals surface area contributed by atoms with Crippen molar-refractivity contribution in [3.8, 4) is 0 Å². The van der Waals surface area contributed by atoms with Crippen LogP contribution in [0.15, 0.2) is 21.0 Å². The van der Waals surface area contributed by atoms with Gasteiger partial charge in [-0.3, -0.25) is 0 Å². The van der Waals surface area contributed by atoms with E-state index in [-0.39, 0.29) is 0 Å². The van der Waals surface area contributed by atoms with E-state index in [2.05, 4.69) is 65.1 Å². The Morgan fingerprint density at radius 1 is 0.842 bits per heavy atom. The predicted molar refractivity (Wildman–Crippen MR) is 93.8 cm³/mol. The second-order valence-electron chi connectivity index (χ2n) is 6.04. The molecule has 0 N–H and O–H groups in total. The van der Waals surface area contributed by atoms with Crippen LogP contribution in [0, 0.1) is 11.8 Å². The summed E-state index contributed by atoms with van der Waals surface area (Å²) in [6.45, 7) is 13.9. The molecule has 0 spiro atoms. The van der Waals surface area contributed by atoms with E-state index in [0.29, 0.717) is 0 Å². The summed E-state index contributed by atoms with van der Waals surface area (Å²) in [6.07, 6.45) is 3.78. The minimum absolute atomic E-state index is 0.826. The van der Waals surface area contributed by atoms with E-state index in [4.69, 9.17) is 0 Å². The topological polar surface area (TPSA) is 0 Å². The summed E-state index contributed by atoms with van der Waals surface area (Å²) in [5, 5.41) is 0. The minimum atomic E-state index is 0.826. The molecule has 0 aromatic rings. The molecule has 110 valence electrons. The van der Waals surface area contributed by atoms with Crippen molar-refractivity contribution in [2.75, 3.05) is 11.5 Å². The molecule has 0 aliphatic heterocycles. The third kappa shape index (κ3) is 5.23. The number of thioether (sulfide) groups is 2. The molecule has 0 radical (unpaired) electrons. The van der Waals surface area contributed by atoms with Crippen LogP contribution in [-0.2, 0) is 0 Å². The van der Waals surface area contributed by atoms with E-state index in [1.54, 1.807) is 21.0 Å². The Labute approximate surface area is 128 Å². The Bertz CT molecular complexity index is 318. The molecule has 2 heteroatoms. The summed E-state index contributed by atoms with van der Waals surface area (Å²) in [4.78, 5) is 3.21. The van der Waals surface area contributed by atoms with Crippen molar-refractivity contribution >= 4 is 23.5 Å². The van der Waals surface area contributed by atoms with Gasteiger partial charge >= 0.3 is 0 Å². The van der Waals surface area contributed by atoms with Crippen molar-refractivity contribution in [2.24, 2.45) is 11.8 Å². The molecule has 1 aliphatic carbocycles. The van der Waals surface area contributed by atoms with Crippen LogP contribution in [0.3, 0.4) is 0 Å². The average molecular weight is 299 g/mol. The highest BCUT2D eigenvalue weighted by Gasteiger charge is 2.21. The quantitative estimate of drug-likeness (QED) is 0.502. The Balaban J connectivity index is 2.63.